The molecular formula is C14H15N7O. The Kier molecular flexibility index (Phi) is 3.65. The van der Waals surface area contributed by atoms with Gasteiger partial charge < -0.3 is 5.32 Å². The number of carbonyl (C=O) groups is 1. The predicted octanol–water partition coefficient (Wildman–Crippen LogP) is 1.69. The van der Waals surface area contributed by atoms with E-state index in [2.05, 4.69) is 25.5 Å². The van der Waals surface area contributed by atoms with E-state index >= 15 is 0 Å². The Labute approximate surface area is 126 Å². The van der Waals surface area contributed by atoms with Gasteiger partial charge in [-0.05, 0) is 32.0 Å². The molecule has 8 heteroatoms. The molecule has 0 radical (unpaired) electrons. The van der Waals surface area contributed by atoms with Crippen LogP contribution in [0.15, 0.2) is 43.2 Å². The fraction of sp³-hybridized carbons (Fsp3) is 0.214. The summed E-state index contributed by atoms with van der Waals surface area (Å²) in [5.74, 6) is 0.220. The van der Waals surface area contributed by atoms with Crippen LogP contribution in [-0.2, 0) is 0 Å². The van der Waals surface area contributed by atoms with E-state index in [-0.39, 0.29) is 11.9 Å². The first-order valence-electron chi connectivity index (χ1n) is 6.81. The molecule has 3 heterocycles. The van der Waals surface area contributed by atoms with Crippen molar-refractivity contribution in [2.45, 2.75) is 19.9 Å². The summed E-state index contributed by atoms with van der Waals surface area (Å²) in [4.78, 5) is 20.4. The highest BCUT2D eigenvalue weighted by molar-refractivity contribution is 6.02. The number of carbonyl (C=O) groups excluding carboxylic acids is 1. The van der Waals surface area contributed by atoms with Crippen LogP contribution in [0.25, 0.3) is 5.69 Å². The molecule has 0 saturated carbocycles. The maximum Gasteiger partial charge on any atom is 0.275 e. The van der Waals surface area contributed by atoms with Crippen molar-refractivity contribution in [2.24, 2.45) is 0 Å². The molecule has 0 aliphatic heterocycles. The van der Waals surface area contributed by atoms with Gasteiger partial charge in [0.25, 0.3) is 5.91 Å². The van der Waals surface area contributed by atoms with Gasteiger partial charge in [-0.1, -0.05) is 0 Å². The number of hydrogen-bond donors (Lipinski definition) is 1. The van der Waals surface area contributed by atoms with Gasteiger partial charge in [0.2, 0.25) is 0 Å². The summed E-state index contributed by atoms with van der Waals surface area (Å²) in [6.07, 6.45) is 6.25. The average molecular weight is 297 g/mol. The number of rotatable bonds is 4. The van der Waals surface area contributed by atoms with Crippen LogP contribution >= 0.6 is 0 Å². The lowest BCUT2D eigenvalue weighted by Gasteiger charge is -2.10. The second-order valence-electron chi connectivity index (χ2n) is 4.95. The number of nitrogens with one attached hydrogen (secondary N) is 1. The van der Waals surface area contributed by atoms with Crippen molar-refractivity contribution in [2.75, 3.05) is 5.32 Å². The van der Waals surface area contributed by atoms with Gasteiger partial charge in [-0.15, -0.1) is 0 Å². The Bertz CT molecular complexity index is 759. The summed E-state index contributed by atoms with van der Waals surface area (Å²) in [5.41, 5.74) is 1.26. The molecule has 0 spiro atoms. The second kappa shape index (κ2) is 5.76. The summed E-state index contributed by atoms with van der Waals surface area (Å²) in [7, 11) is 0. The summed E-state index contributed by atoms with van der Waals surface area (Å²) in [6, 6.07) is 5.31. The van der Waals surface area contributed by atoms with E-state index in [1.54, 1.807) is 46.3 Å². The third kappa shape index (κ3) is 2.71. The molecule has 8 nitrogen and oxygen atoms in total. The molecule has 3 rings (SSSR count). The molecule has 112 valence electrons. The molecule has 0 atom stereocenters. The van der Waals surface area contributed by atoms with E-state index in [0.29, 0.717) is 11.5 Å². The molecule has 0 bridgehead atoms. The summed E-state index contributed by atoms with van der Waals surface area (Å²) >= 11 is 0. The van der Waals surface area contributed by atoms with Gasteiger partial charge in [0.1, 0.15) is 24.2 Å². The lowest BCUT2D eigenvalue weighted by Crippen LogP contribution is -2.19. The fourth-order valence-corrected chi connectivity index (χ4v) is 2.02. The monoisotopic (exact) mass is 297 g/mol. The topological polar surface area (TPSA) is 90.5 Å². The minimum absolute atomic E-state index is 0.110. The molecule has 0 aliphatic carbocycles. The van der Waals surface area contributed by atoms with Crippen molar-refractivity contribution in [3.63, 3.8) is 0 Å². The number of hydrogen-bond acceptors (Lipinski definition) is 5. The number of anilines is 1. The lowest BCUT2D eigenvalue weighted by molar-refractivity contribution is 0.101. The molecule has 0 saturated heterocycles. The predicted molar refractivity (Wildman–Crippen MR) is 79.7 cm³/mol. The van der Waals surface area contributed by atoms with Crippen LogP contribution in [0.3, 0.4) is 0 Å². The molecule has 1 N–H and O–H groups in total. The quantitative estimate of drug-likeness (QED) is 0.791. The van der Waals surface area contributed by atoms with Crippen molar-refractivity contribution in [3.05, 3.63) is 48.9 Å². The van der Waals surface area contributed by atoms with E-state index in [1.165, 1.54) is 6.33 Å². The van der Waals surface area contributed by atoms with Crippen molar-refractivity contribution >= 4 is 11.7 Å². The largest absolute Gasteiger partial charge is 0.305 e. The van der Waals surface area contributed by atoms with E-state index in [9.17, 15) is 4.79 Å². The first-order valence-corrected chi connectivity index (χ1v) is 6.81. The Morgan fingerprint density at radius 2 is 2.09 bits per heavy atom. The highest BCUT2D eigenvalue weighted by Gasteiger charge is 2.14. The molecule has 3 aromatic heterocycles. The Balaban J connectivity index is 1.75. The van der Waals surface area contributed by atoms with Gasteiger partial charge in [0.15, 0.2) is 0 Å². The van der Waals surface area contributed by atoms with Crippen LogP contribution in [0.4, 0.5) is 5.82 Å². The zero-order valence-corrected chi connectivity index (χ0v) is 12.2. The van der Waals surface area contributed by atoms with Gasteiger partial charge >= 0.3 is 0 Å². The Hall–Kier alpha value is -3.03. The Morgan fingerprint density at radius 3 is 2.73 bits per heavy atom. The second-order valence-corrected chi connectivity index (χ2v) is 4.95. The van der Waals surface area contributed by atoms with Crippen LogP contribution in [0, 0.1) is 0 Å². The molecule has 0 unspecified atom stereocenters. The van der Waals surface area contributed by atoms with Crippen molar-refractivity contribution in [1.82, 2.24) is 29.5 Å². The number of amides is 1. The van der Waals surface area contributed by atoms with Crippen LogP contribution < -0.4 is 5.32 Å². The maximum atomic E-state index is 12.3. The van der Waals surface area contributed by atoms with Gasteiger partial charge in [-0.25, -0.2) is 14.6 Å². The molecule has 1 amide bonds. The number of pyridine rings is 1. The third-order valence-corrected chi connectivity index (χ3v) is 3.06. The van der Waals surface area contributed by atoms with Gasteiger partial charge in [0, 0.05) is 12.2 Å². The van der Waals surface area contributed by atoms with Gasteiger partial charge in [0.05, 0.1) is 11.9 Å². The molecule has 3 aromatic rings. The van der Waals surface area contributed by atoms with Crippen molar-refractivity contribution in [1.29, 1.82) is 0 Å². The SMILES string of the molecule is CC(C)n1nccc1C(=O)Nc1ccc(-n2cncn2)cn1. The van der Waals surface area contributed by atoms with Crippen LogP contribution in [0.2, 0.25) is 0 Å². The average Bonchev–Trinajstić information content (AvgIpc) is 3.19. The third-order valence-electron chi connectivity index (χ3n) is 3.06. The highest BCUT2D eigenvalue weighted by Crippen LogP contribution is 2.12. The first kappa shape index (κ1) is 13.9. The molecule has 22 heavy (non-hydrogen) atoms. The minimum Gasteiger partial charge on any atom is -0.305 e. The molecule has 0 aliphatic rings. The van der Waals surface area contributed by atoms with Crippen LogP contribution in [-0.4, -0.2) is 35.4 Å². The maximum absolute atomic E-state index is 12.3. The van der Waals surface area contributed by atoms with Gasteiger partial charge in [-0.3, -0.25) is 9.48 Å². The molecular weight excluding hydrogens is 282 g/mol. The smallest absolute Gasteiger partial charge is 0.275 e. The zero-order chi connectivity index (χ0) is 15.5. The van der Waals surface area contributed by atoms with Crippen molar-refractivity contribution in [3.8, 4) is 5.69 Å². The lowest BCUT2D eigenvalue weighted by atomic mass is 10.3. The summed E-state index contributed by atoms with van der Waals surface area (Å²) in [6.45, 7) is 3.93. The molecule has 0 aromatic carbocycles. The van der Waals surface area contributed by atoms with Crippen molar-refractivity contribution < 1.29 is 4.79 Å². The fourth-order valence-electron chi connectivity index (χ4n) is 2.02. The first-order chi connectivity index (χ1) is 10.6. The van der Waals surface area contributed by atoms with Crippen LogP contribution in [0.1, 0.15) is 30.4 Å². The minimum atomic E-state index is -0.243. The Morgan fingerprint density at radius 1 is 1.23 bits per heavy atom. The standard InChI is InChI=1S/C14H15N7O/c1-10(2)21-12(5-6-17-21)14(22)19-13-4-3-11(7-16-13)20-9-15-8-18-20/h3-10H,1-2H3,(H,16,19,22). The normalized spacial score (nSPS) is 10.9. The summed E-state index contributed by atoms with van der Waals surface area (Å²) < 4.78 is 3.26. The number of nitrogens with zero attached hydrogens (tertiary/aromatic N) is 6. The van der Waals surface area contributed by atoms with E-state index in [0.717, 1.165) is 5.69 Å². The number of aromatic nitrogens is 6. The van der Waals surface area contributed by atoms with E-state index < -0.39 is 0 Å². The van der Waals surface area contributed by atoms with Gasteiger partial charge in [-0.2, -0.15) is 10.2 Å². The van der Waals surface area contributed by atoms with Crippen LogP contribution in [0.5, 0.6) is 0 Å². The molecule has 0 fully saturated rings. The van der Waals surface area contributed by atoms with E-state index in [4.69, 9.17) is 0 Å². The summed E-state index contributed by atoms with van der Waals surface area (Å²) in [5, 5.41) is 10.9. The van der Waals surface area contributed by atoms with E-state index in [1.807, 2.05) is 13.8 Å². The zero-order valence-electron chi connectivity index (χ0n) is 12.2. The highest BCUT2D eigenvalue weighted by atomic mass is 16.2.